The standard InChI is InChI=1S/C51H80N10O12S/c1-29(2)27-37-47(68)60-42(31(5)62)49(70)57-35(22-23-40(52)63)45(66)54-33(43(64)55-36(24-26-74-6)46(67)59-38(51(72)73)28-32-17-12-11-13-18-32)19-14-9-7-8-10-15-20-34(44(65)58-37)56-48(69)39-21-16-25-61(39)50(71)41(53)30(3)4/h7-8,11-13,17-18,29-31,33-39,41-42,62H,9-10,14-16,19-28,53H2,1-6H3,(H2,52,63)(H,54,66)(H,55,64)(H,56,69)(H,57,70)(H,58,65)(H,59,67)(H,60,68)(H,72,73)/b8-7-/t31-,33+,34+,35+,36+,37+,38+,39+,41+,42+/m1/s1. The molecule has 10 atom stereocenters. The van der Waals surface area contributed by atoms with E-state index in [1.54, 1.807) is 64.3 Å². The molecule has 1 aromatic carbocycles. The lowest BCUT2D eigenvalue weighted by molar-refractivity contribution is -0.142. The molecule has 0 unspecified atom stereocenters. The second-order valence-corrected chi connectivity index (χ2v) is 20.8. The number of aliphatic carboxylic acids is 1. The van der Waals surface area contributed by atoms with Gasteiger partial charge in [0.15, 0.2) is 0 Å². The van der Waals surface area contributed by atoms with Crippen molar-refractivity contribution in [1.82, 2.24) is 42.1 Å². The van der Waals surface area contributed by atoms with Crippen LogP contribution in [0, 0.1) is 11.8 Å². The number of carboxylic acid groups (broad SMARTS) is 1. The number of amides is 9. The summed E-state index contributed by atoms with van der Waals surface area (Å²) in [6.07, 6.45) is 5.81. The first-order valence-electron chi connectivity index (χ1n) is 25.6. The number of aliphatic hydroxyl groups excluding tert-OH is 1. The van der Waals surface area contributed by atoms with Crippen LogP contribution in [-0.4, -0.2) is 153 Å². The lowest BCUT2D eigenvalue weighted by atomic mass is 10.0. The zero-order chi connectivity index (χ0) is 55.1. The Labute approximate surface area is 438 Å². The monoisotopic (exact) mass is 1060 g/mol. The van der Waals surface area contributed by atoms with Crippen LogP contribution in [0.15, 0.2) is 42.5 Å². The number of nitrogens with two attached hydrogens (primary N) is 2. The lowest BCUT2D eigenvalue weighted by Gasteiger charge is -2.30. The third-order valence-corrected chi connectivity index (χ3v) is 13.5. The van der Waals surface area contributed by atoms with E-state index in [-0.39, 0.29) is 56.3 Å². The number of carbonyl (C=O) groups excluding carboxylic acids is 9. The molecule has 3 rings (SSSR count). The molecule has 2 aliphatic rings. The van der Waals surface area contributed by atoms with Crippen LogP contribution in [0.5, 0.6) is 0 Å². The highest BCUT2D eigenvalue weighted by atomic mass is 32.2. The third kappa shape index (κ3) is 20.7. The minimum atomic E-state index is -1.72. The van der Waals surface area contributed by atoms with Gasteiger partial charge in [-0.05, 0) is 107 Å². The van der Waals surface area contributed by atoms with Crippen LogP contribution in [0.4, 0.5) is 0 Å². The van der Waals surface area contributed by atoms with Gasteiger partial charge in [0, 0.05) is 19.4 Å². The predicted octanol–water partition coefficient (Wildman–Crippen LogP) is 0.0375. The second kappa shape index (κ2) is 31.6. The number of thioether (sulfide) groups is 1. The zero-order valence-electron chi connectivity index (χ0n) is 43.6. The molecule has 1 saturated heterocycles. The molecule has 0 aromatic heterocycles. The molecule has 0 saturated carbocycles. The third-order valence-electron chi connectivity index (χ3n) is 12.9. The van der Waals surface area contributed by atoms with Crippen LogP contribution >= 0.6 is 11.8 Å². The van der Waals surface area contributed by atoms with Crippen LogP contribution in [0.25, 0.3) is 0 Å². The van der Waals surface area contributed by atoms with E-state index in [2.05, 4.69) is 37.2 Å². The summed E-state index contributed by atoms with van der Waals surface area (Å²) in [5.74, 6) is -8.13. The van der Waals surface area contributed by atoms with E-state index >= 15 is 0 Å². The highest BCUT2D eigenvalue weighted by Gasteiger charge is 2.40. The van der Waals surface area contributed by atoms with Crippen LogP contribution in [0.2, 0.25) is 0 Å². The average Bonchev–Trinajstić information content (AvgIpc) is 3.84. The number of primary amides is 1. The summed E-state index contributed by atoms with van der Waals surface area (Å²) in [5, 5.41) is 39.3. The summed E-state index contributed by atoms with van der Waals surface area (Å²) in [4.78, 5) is 137. The van der Waals surface area contributed by atoms with E-state index in [0.29, 0.717) is 56.4 Å². The molecule has 22 nitrogen and oxygen atoms in total. The summed E-state index contributed by atoms with van der Waals surface area (Å²) < 4.78 is 0. The normalized spacial score (nSPS) is 23.8. The molecule has 9 amide bonds. The number of nitrogens with zero attached hydrogens (tertiary/aromatic N) is 1. The molecule has 1 fully saturated rings. The number of hydrogen-bond acceptors (Lipinski definition) is 13. The summed E-state index contributed by atoms with van der Waals surface area (Å²) >= 11 is 1.39. The average molecular weight is 1060 g/mol. The fraction of sp³-hybridized carbons (Fsp3) is 0.647. The molecule has 0 spiro atoms. The molecule has 74 heavy (non-hydrogen) atoms. The number of hydrogen-bond donors (Lipinski definition) is 11. The molecule has 0 bridgehead atoms. The van der Waals surface area contributed by atoms with Gasteiger partial charge < -0.3 is 63.8 Å². The van der Waals surface area contributed by atoms with Crippen molar-refractivity contribution in [2.24, 2.45) is 23.3 Å². The second-order valence-electron chi connectivity index (χ2n) is 19.8. The molecule has 1 aromatic rings. The summed E-state index contributed by atoms with van der Waals surface area (Å²) in [7, 11) is 0. The maximum absolute atomic E-state index is 14.2. The zero-order valence-corrected chi connectivity index (χ0v) is 44.4. The number of carboxylic acids is 1. The van der Waals surface area contributed by atoms with Gasteiger partial charge in [0.1, 0.15) is 48.3 Å². The van der Waals surface area contributed by atoms with Crippen LogP contribution in [0.1, 0.15) is 117 Å². The van der Waals surface area contributed by atoms with Crippen LogP contribution in [0.3, 0.4) is 0 Å². The highest BCUT2D eigenvalue weighted by Crippen LogP contribution is 2.21. The van der Waals surface area contributed by atoms with Crippen LogP contribution < -0.4 is 48.7 Å². The predicted molar refractivity (Wildman–Crippen MR) is 278 cm³/mol. The van der Waals surface area contributed by atoms with Gasteiger partial charge in [-0.2, -0.15) is 11.8 Å². The first kappa shape index (κ1) is 62.2. The number of allylic oxidation sites excluding steroid dienone is 2. The van der Waals surface area contributed by atoms with Gasteiger partial charge in [-0.1, -0.05) is 70.2 Å². The van der Waals surface area contributed by atoms with Crippen molar-refractivity contribution in [2.45, 2.75) is 179 Å². The van der Waals surface area contributed by atoms with Crippen molar-refractivity contribution < 1.29 is 58.2 Å². The van der Waals surface area contributed by atoms with Crippen LogP contribution in [-0.2, 0) is 54.4 Å². The molecule has 13 N–H and O–H groups in total. The molecular weight excluding hydrogens is 977 g/mol. The molecule has 0 radical (unpaired) electrons. The molecule has 2 heterocycles. The maximum Gasteiger partial charge on any atom is 0.326 e. The van der Waals surface area contributed by atoms with Gasteiger partial charge >= 0.3 is 5.97 Å². The molecule has 412 valence electrons. The van der Waals surface area contributed by atoms with E-state index in [1.807, 2.05) is 12.2 Å². The Morgan fingerprint density at radius 2 is 1.42 bits per heavy atom. The van der Waals surface area contributed by atoms with Crippen molar-refractivity contribution in [2.75, 3.05) is 18.6 Å². The number of likely N-dealkylation sites (tertiary alicyclic amines) is 1. The van der Waals surface area contributed by atoms with E-state index in [1.165, 1.54) is 23.6 Å². The molecule has 2 aliphatic heterocycles. The van der Waals surface area contributed by atoms with Gasteiger partial charge in [-0.15, -0.1) is 0 Å². The van der Waals surface area contributed by atoms with E-state index in [4.69, 9.17) is 11.5 Å². The van der Waals surface area contributed by atoms with Crippen molar-refractivity contribution in [3.63, 3.8) is 0 Å². The smallest absolute Gasteiger partial charge is 0.326 e. The van der Waals surface area contributed by atoms with Gasteiger partial charge in [0.25, 0.3) is 0 Å². The number of carbonyl (C=O) groups is 10. The number of aliphatic hydroxyl groups is 1. The van der Waals surface area contributed by atoms with Gasteiger partial charge in [0.2, 0.25) is 53.2 Å². The van der Waals surface area contributed by atoms with Crippen molar-refractivity contribution in [3.8, 4) is 0 Å². The number of rotatable bonds is 20. The van der Waals surface area contributed by atoms with Gasteiger partial charge in [-0.3, -0.25) is 43.2 Å². The summed E-state index contributed by atoms with van der Waals surface area (Å²) in [6, 6.07) is -2.64. The first-order chi connectivity index (χ1) is 35.0. The van der Waals surface area contributed by atoms with Gasteiger partial charge in [-0.25, -0.2) is 4.79 Å². The minimum Gasteiger partial charge on any atom is -0.480 e. The Hall–Kier alpha value is -6.07. The SMILES string of the molecule is CSCC[C@H](NC(=O)[C@@H]1CCC/C=C\CCC[C@H](NC(=O)[C@@H]2CCCN2C(=O)[C@@H](N)C(C)C)C(=O)N[C@@H](CC(C)C)C(=O)N[C@@H]([C@@H](C)O)C(=O)N[C@@H](CCC(N)=O)C(=O)N1)C(=O)N[C@@H](Cc1ccccc1)C(=O)O. The highest BCUT2D eigenvalue weighted by molar-refractivity contribution is 7.98. The largest absolute Gasteiger partial charge is 0.480 e. The van der Waals surface area contributed by atoms with Crippen molar-refractivity contribution in [3.05, 3.63) is 48.0 Å². The Morgan fingerprint density at radius 1 is 0.784 bits per heavy atom. The molecule has 23 heteroatoms. The quantitative estimate of drug-likeness (QED) is 0.0769. The maximum atomic E-state index is 14.2. The summed E-state index contributed by atoms with van der Waals surface area (Å²) in [5.41, 5.74) is 12.3. The Bertz CT molecular complexity index is 2110. The number of nitrogens with one attached hydrogen (secondary N) is 7. The van der Waals surface area contributed by atoms with Gasteiger partial charge in [0.05, 0.1) is 12.1 Å². The fourth-order valence-electron chi connectivity index (χ4n) is 8.52. The summed E-state index contributed by atoms with van der Waals surface area (Å²) in [6.45, 7) is 8.74. The van der Waals surface area contributed by atoms with E-state index in [9.17, 15) is 58.2 Å². The van der Waals surface area contributed by atoms with Crippen molar-refractivity contribution in [1.29, 1.82) is 0 Å². The first-order valence-corrected chi connectivity index (χ1v) is 27.0. The fourth-order valence-corrected chi connectivity index (χ4v) is 8.99. The minimum absolute atomic E-state index is 0.00164. The topological polar surface area (TPSA) is 351 Å². The Morgan fingerprint density at radius 3 is 2.01 bits per heavy atom. The number of benzene rings is 1. The molecular formula is C51H80N10O12S. The Balaban J connectivity index is 1.99. The van der Waals surface area contributed by atoms with Crippen molar-refractivity contribution >= 4 is 70.9 Å². The van der Waals surface area contributed by atoms with E-state index < -0.39 is 120 Å². The lowest BCUT2D eigenvalue weighted by Crippen LogP contribution is -2.62. The molecule has 0 aliphatic carbocycles. The van der Waals surface area contributed by atoms with E-state index in [0.717, 1.165) is 0 Å². The Kier molecular flexibility index (Phi) is 26.6.